The van der Waals surface area contributed by atoms with Gasteiger partial charge in [-0.2, -0.15) is 5.10 Å². The maximum absolute atomic E-state index is 6.31. The van der Waals surface area contributed by atoms with E-state index in [1.165, 1.54) is 5.69 Å². The topological polar surface area (TPSA) is 43.8 Å². The van der Waals surface area contributed by atoms with Crippen LogP contribution in [-0.4, -0.2) is 9.78 Å². The molecular weight excluding hydrogens is 338 g/mol. The van der Waals surface area contributed by atoms with E-state index in [-0.39, 0.29) is 6.04 Å². The van der Waals surface area contributed by atoms with E-state index in [1.807, 2.05) is 22.9 Å². The molecule has 0 aliphatic heterocycles. The molecule has 0 aliphatic carbocycles. The number of halogens is 2. The first-order chi connectivity index (χ1) is 9.55. The predicted octanol–water partition coefficient (Wildman–Crippen LogP) is 4.12. The number of hydrogen-bond donors (Lipinski definition) is 1. The van der Waals surface area contributed by atoms with Crippen LogP contribution in [0.25, 0.3) is 0 Å². The largest absolute Gasteiger partial charge is 0.324 e. The summed E-state index contributed by atoms with van der Waals surface area (Å²) in [7, 11) is 0. The minimum Gasteiger partial charge on any atom is -0.324 e. The highest BCUT2D eigenvalue weighted by atomic mass is 79.9. The van der Waals surface area contributed by atoms with Crippen molar-refractivity contribution in [2.45, 2.75) is 39.3 Å². The van der Waals surface area contributed by atoms with E-state index >= 15 is 0 Å². The first kappa shape index (κ1) is 15.5. The Morgan fingerprint density at radius 2 is 2.10 bits per heavy atom. The summed E-state index contributed by atoms with van der Waals surface area (Å²) in [5.74, 6) is 0. The van der Waals surface area contributed by atoms with Gasteiger partial charge in [-0.1, -0.05) is 24.6 Å². The third-order valence-electron chi connectivity index (χ3n) is 3.38. The third-order valence-corrected chi connectivity index (χ3v) is 4.61. The van der Waals surface area contributed by atoms with Crippen LogP contribution in [-0.2, 0) is 19.4 Å². The minimum absolute atomic E-state index is 0.0766. The number of aryl methyl sites for hydroxylation is 2. The second-order valence-corrected chi connectivity index (χ2v) is 6.04. The normalized spacial score (nSPS) is 12.7. The van der Waals surface area contributed by atoms with E-state index < -0.39 is 0 Å². The van der Waals surface area contributed by atoms with Crippen molar-refractivity contribution in [3.8, 4) is 0 Å². The molecule has 0 saturated heterocycles. The van der Waals surface area contributed by atoms with Crippen LogP contribution < -0.4 is 5.73 Å². The average Bonchev–Trinajstić information content (AvgIpc) is 2.84. The standard InChI is InChI=1S/C15H19BrClN3/c1-3-11-8-12(20(4-2)19-11)9-15(18)10-5-6-13(16)14(17)7-10/h5-8,15H,3-4,9,18H2,1-2H3. The maximum Gasteiger partial charge on any atom is 0.0624 e. The number of nitrogens with two attached hydrogens (primary N) is 1. The first-order valence-corrected chi connectivity index (χ1v) is 7.98. The highest BCUT2D eigenvalue weighted by molar-refractivity contribution is 9.10. The Balaban J connectivity index is 2.20. The molecule has 0 aliphatic rings. The molecule has 2 aromatic rings. The number of benzene rings is 1. The van der Waals surface area contributed by atoms with Crippen LogP contribution in [0.1, 0.15) is 36.8 Å². The van der Waals surface area contributed by atoms with E-state index in [0.717, 1.165) is 35.1 Å². The number of nitrogens with zero attached hydrogens (tertiary/aromatic N) is 2. The Kier molecular flexibility index (Phi) is 5.24. The van der Waals surface area contributed by atoms with E-state index in [9.17, 15) is 0 Å². The summed E-state index contributed by atoms with van der Waals surface area (Å²) in [6.45, 7) is 5.07. The van der Waals surface area contributed by atoms with Crippen LogP contribution in [0.15, 0.2) is 28.7 Å². The molecule has 1 atom stereocenters. The zero-order valence-electron chi connectivity index (χ0n) is 11.7. The SMILES string of the molecule is CCc1cc(CC(N)c2ccc(Br)c(Cl)c2)n(CC)n1. The molecule has 0 fully saturated rings. The molecule has 2 rings (SSSR count). The van der Waals surface area contributed by atoms with Gasteiger partial charge in [0.25, 0.3) is 0 Å². The summed E-state index contributed by atoms with van der Waals surface area (Å²) in [5, 5.41) is 5.24. The molecule has 0 radical (unpaired) electrons. The number of aromatic nitrogens is 2. The Bertz CT molecular complexity index is 595. The molecule has 0 bridgehead atoms. The lowest BCUT2D eigenvalue weighted by molar-refractivity contribution is 0.585. The number of hydrogen-bond acceptors (Lipinski definition) is 2. The van der Waals surface area contributed by atoms with Crippen LogP contribution >= 0.6 is 27.5 Å². The second-order valence-electron chi connectivity index (χ2n) is 4.78. The highest BCUT2D eigenvalue weighted by Crippen LogP contribution is 2.26. The zero-order valence-corrected chi connectivity index (χ0v) is 14.1. The van der Waals surface area contributed by atoms with Gasteiger partial charge in [0.2, 0.25) is 0 Å². The Hall–Kier alpha value is -0.840. The Morgan fingerprint density at radius 3 is 2.70 bits per heavy atom. The van der Waals surface area contributed by atoms with Crippen LogP contribution in [0.2, 0.25) is 5.02 Å². The van der Waals surface area contributed by atoms with Gasteiger partial charge < -0.3 is 5.73 Å². The molecule has 0 amide bonds. The van der Waals surface area contributed by atoms with Crippen LogP contribution in [0.3, 0.4) is 0 Å². The molecule has 0 spiro atoms. The van der Waals surface area contributed by atoms with Crippen molar-refractivity contribution >= 4 is 27.5 Å². The maximum atomic E-state index is 6.31. The monoisotopic (exact) mass is 355 g/mol. The van der Waals surface area contributed by atoms with Gasteiger partial charge in [0, 0.05) is 29.2 Å². The van der Waals surface area contributed by atoms with Crippen molar-refractivity contribution in [3.05, 3.63) is 50.7 Å². The summed E-state index contributed by atoms with van der Waals surface area (Å²) in [4.78, 5) is 0. The molecule has 1 aromatic carbocycles. The Morgan fingerprint density at radius 1 is 1.35 bits per heavy atom. The second kappa shape index (κ2) is 6.74. The van der Waals surface area contributed by atoms with Gasteiger partial charge >= 0.3 is 0 Å². The zero-order chi connectivity index (χ0) is 14.7. The van der Waals surface area contributed by atoms with E-state index in [1.54, 1.807) is 0 Å². The molecule has 1 heterocycles. The third kappa shape index (κ3) is 3.43. The molecule has 0 saturated carbocycles. The van der Waals surface area contributed by atoms with Crippen molar-refractivity contribution < 1.29 is 0 Å². The lowest BCUT2D eigenvalue weighted by atomic mass is 10.0. The van der Waals surface area contributed by atoms with Crippen LogP contribution in [0.5, 0.6) is 0 Å². The average molecular weight is 357 g/mol. The van der Waals surface area contributed by atoms with Crippen molar-refractivity contribution in [3.63, 3.8) is 0 Å². The van der Waals surface area contributed by atoms with Gasteiger partial charge in [0.15, 0.2) is 0 Å². The predicted molar refractivity (Wildman–Crippen MR) is 87.1 cm³/mol. The molecule has 1 unspecified atom stereocenters. The first-order valence-electron chi connectivity index (χ1n) is 6.81. The lowest BCUT2D eigenvalue weighted by Crippen LogP contribution is -2.16. The number of rotatable bonds is 5. The highest BCUT2D eigenvalue weighted by Gasteiger charge is 2.13. The van der Waals surface area contributed by atoms with Gasteiger partial charge in [0.1, 0.15) is 0 Å². The van der Waals surface area contributed by atoms with Gasteiger partial charge in [-0.25, -0.2) is 0 Å². The minimum atomic E-state index is -0.0766. The molecule has 3 nitrogen and oxygen atoms in total. The van der Waals surface area contributed by atoms with Crippen LogP contribution in [0, 0.1) is 0 Å². The quantitative estimate of drug-likeness (QED) is 0.875. The molecule has 5 heteroatoms. The lowest BCUT2D eigenvalue weighted by Gasteiger charge is -2.13. The Labute approximate surface area is 133 Å². The van der Waals surface area contributed by atoms with Gasteiger partial charge in [0.05, 0.1) is 10.7 Å². The van der Waals surface area contributed by atoms with Crippen molar-refractivity contribution in [2.24, 2.45) is 5.73 Å². The summed E-state index contributed by atoms with van der Waals surface area (Å²) in [5.41, 5.74) is 9.64. The van der Waals surface area contributed by atoms with Gasteiger partial charge in [-0.15, -0.1) is 0 Å². The fourth-order valence-electron chi connectivity index (χ4n) is 2.21. The molecule has 2 N–H and O–H groups in total. The summed E-state index contributed by atoms with van der Waals surface area (Å²) >= 11 is 9.52. The molecular formula is C15H19BrClN3. The molecule has 1 aromatic heterocycles. The van der Waals surface area contributed by atoms with E-state index in [2.05, 4.69) is 40.9 Å². The molecule has 108 valence electrons. The van der Waals surface area contributed by atoms with Crippen molar-refractivity contribution in [1.82, 2.24) is 9.78 Å². The van der Waals surface area contributed by atoms with E-state index in [4.69, 9.17) is 17.3 Å². The van der Waals surface area contributed by atoms with E-state index in [0.29, 0.717) is 5.02 Å². The van der Waals surface area contributed by atoms with Gasteiger partial charge in [-0.3, -0.25) is 4.68 Å². The molecule has 20 heavy (non-hydrogen) atoms. The van der Waals surface area contributed by atoms with Crippen LogP contribution in [0.4, 0.5) is 0 Å². The van der Waals surface area contributed by atoms with Crippen molar-refractivity contribution in [2.75, 3.05) is 0 Å². The summed E-state index contributed by atoms with van der Waals surface area (Å²) < 4.78 is 2.92. The smallest absolute Gasteiger partial charge is 0.0624 e. The fourth-order valence-corrected chi connectivity index (χ4v) is 2.65. The fraction of sp³-hybridized carbons (Fsp3) is 0.400. The van der Waals surface area contributed by atoms with Gasteiger partial charge in [-0.05, 0) is 53.0 Å². The van der Waals surface area contributed by atoms with Crippen molar-refractivity contribution in [1.29, 1.82) is 0 Å². The summed E-state index contributed by atoms with van der Waals surface area (Å²) in [6, 6.07) is 7.93. The summed E-state index contributed by atoms with van der Waals surface area (Å²) in [6.07, 6.45) is 1.71.